The molecule has 1 aliphatic heterocycles. The molecule has 0 unspecified atom stereocenters. The summed E-state index contributed by atoms with van der Waals surface area (Å²) in [5.41, 5.74) is 2.90. The predicted molar refractivity (Wildman–Crippen MR) is 147 cm³/mol. The monoisotopic (exact) mass is 530 g/mol. The Kier molecular flexibility index (Phi) is 7.75. The normalized spacial score (nSPS) is 14.5. The number of hydrogen-bond donors (Lipinski definition) is 0. The molecule has 3 aromatic rings. The lowest BCUT2D eigenvalue weighted by Gasteiger charge is -2.28. The van der Waals surface area contributed by atoms with E-state index in [0.717, 1.165) is 38.0 Å². The van der Waals surface area contributed by atoms with Crippen LogP contribution in [-0.2, 0) is 25.8 Å². The Hall–Kier alpha value is -4.60. The fourth-order valence-corrected chi connectivity index (χ4v) is 4.67. The van der Waals surface area contributed by atoms with Crippen LogP contribution in [0.15, 0.2) is 47.1 Å². The number of hydrogen-bond acceptors (Lipinski definition) is 7. The average molecular weight is 531 g/mol. The molecule has 39 heavy (non-hydrogen) atoms. The zero-order valence-electron chi connectivity index (χ0n) is 22.6. The molecule has 0 N–H and O–H groups in total. The number of amides is 4. The number of urea groups is 1. The highest BCUT2D eigenvalue weighted by atomic mass is 16.7. The molecule has 1 fully saturated rings. The van der Waals surface area contributed by atoms with E-state index in [2.05, 4.69) is 9.72 Å². The zero-order chi connectivity index (χ0) is 28.4. The summed E-state index contributed by atoms with van der Waals surface area (Å²) in [5.74, 6) is -2.26. The first-order valence-electron chi connectivity index (χ1n) is 12.8. The fraction of sp³-hybridized carbons (Fsp3) is 0.310. The van der Waals surface area contributed by atoms with E-state index in [-0.39, 0.29) is 17.1 Å². The molecule has 1 aromatic heterocycles. The Morgan fingerprint density at radius 2 is 1.54 bits per heavy atom. The van der Waals surface area contributed by atoms with Crippen LogP contribution in [0.2, 0.25) is 0 Å². The van der Waals surface area contributed by atoms with Gasteiger partial charge in [0.1, 0.15) is 11.3 Å². The second-order valence-corrected chi connectivity index (χ2v) is 9.38. The van der Waals surface area contributed by atoms with Crippen LogP contribution in [-0.4, -0.2) is 63.8 Å². The molecule has 4 rings (SSSR count). The minimum atomic E-state index is -0.684. The van der Waals surface area contributed by atoms with Crippen LogP contribution in [0.1, 0.15) is 56.0 Å². The van der Waals surface area contributed by atoms with Crippen LogP contribution in [0, 0.1) is 0 Å². The Bertz CT molecular complexity index is 1570. The minimum absolute atomic E-state index is 0.115. The minimum Gasteiger partial charge on any atom is -0.341 e. The molecule has 0 spiro atoms. The number of likely N-dealkylation sites (N-methyl/N-ethyl adjacent to an activating group) is 2. The van der Waals surface area contributed by atoms with Crippen molar-refractivity contribution in [2.75, 3.05) is 14.1 Å². The maximum Gasteiger partial charge on any atom is 0.333 e. The average Bonchev–Trinajstić information content (AvgIpc) is 3.25. The van der Waals surface area contributed by atoms with Crippen molar-refractivity contribution in [3.8, 4) is 0 Å². The number of barbiturate groups is 1. The number of fused-ring (bicyclic) bond motifs is 3. The number of unbranched alkanes of at least 4 members (excludes halogenated alkanes) is 1. The van der Waals surface area contributed by atoms with E-state index in [1.165, 1.54) is 27.1 Å². The van der Waals surface area contributed by atoms with E-state index < -0.39 is 23.8 Å². The summed E-state index contributed by atoms with van der Waals surface area (Å²) in [6.07, 6.45) is 3.41. The van der Waals surface area contributed by atoms with Crippen molar-refractivity contribution in [2.45, 2.75) is 46.6 Å². The molecule has 0 saturated carbocycles. The van der Waals surface area contributed by atoms with Crippen molar-refractivity contribution in [2.24, 2.45) is 5.16 Å². The Morgan fingerprint density at radius 3 is 2.13 bits per heavy atom. The lowest BCUT2D eigenvalue weighted by Crippen LogP contribution is -2.52. The highest BCUT2D eigenvalue weighted by Gasteiger charge is 2.37. The Balaban J connectivity index is 1.83. The van der Waals surface area contributed by atoms with Crippen LogP contribution in [0.25, 0.3) is 27.9 Å². The molecule has 4 amide bonds. The van der Waals surface area contributed by atoms with Gasteiger partial charge in [0.2, 0.25) is 5.78 Å². The number of benzene rings is 2. The largest absolute Gasteiger partial charge is 0.341 e. The maximum atomic E-state index is 13.4. The van der Waals surface area contributed by atoms with Gasteiger partial charge in [0.25, 0.3) is 11.8 Å². The van der Waals surface area contributed by atoms with Gasteiger partial charge in [-0.25, -0.2) is 9.59 Å². The van der Waals surface area contributed by atoms with E-state index in [1.807, 2.05) is 32.0 Å². The summed E-state index contributed by atoms with van der Waals surface area (Å²) < 4.78 is 2.11. The molecule has 1 aliphatic rings. The van der Waals surface area contributed by atoms with Gasteiger partial charge in [-0.3, -0.25) is 24.2 Å². The highest BCUT2D eigenvalue weighted by Crippen LogP contribution is 2.32. The lowest BCUT2D eigenvalue weighted by atomic mass is 10.00. The smallest absolute Gasteiger partial charge is 0.333 e. The van der Waals surface area contributed by atoms with E-state index >= 15 is 0 Å². The third-order valence-electron chi connectivity index (χ3n) is 6.74. The number of aryl methyl sites for hydroxylation is 1. The van der Waals surface area contributed by atoms with Gasteiger partial charge in [-0.1, -0.05) is 24.6 Å². The third kappa shape index (κ3) is 5.09. The Labute approximate surface area is 225 Å². The van der Waals surface area contributed by atoms with Crippen LogP contribution in [0.3, 0.4) is 0 Å². The predicted octanol–water partition coefficient (Wildman–Crippen LogP) is 4.54. The van der Waals surface area contributed by atoms with Crippen molar-refractivity contribution in [1.29, 1.82) is 0 Å². The van der Waals surface area contributed by atoms with Crippen LogP contribution in [0.5, 0.6) is 0 Å². The number of carbonyl (C=O) groups excluding carboxylic acids is 5. The van der Waals surface area contributed by atoms with Crippen molar-refractivity contribution in [3.63, 3.8) is 0 Å². The molecule has 0 radical (unpaired) electrons. The second kappa shape index (κ2) is 11.0. The van der Waals surface area contributed by atoms with Gasteiger partial charge in [0.05, 0.1) is 0 Å². The number of nitrogens with zero attached hydrogens (tertiary/aromatic N) is 4. The molecule has 0 bridgehead atoms. The zero-order valence-corrected chi connectivity index (χ0v) is 22.6. The number of imide groups is 2. The molecule has 0 aliphatic carbocycles. The van der Waals surface area contributed by atoms with Gasteiger partial charge >= 0.3 is 12.0 Å². The van der Waals surface area contributed by atoms with Gasteiger partial charge in [0.15, 0.2) is 0 Å². The van der Waals surface area contributed by atoms with Gasteiger partial charge in [-0.15, -0.1) is 0 Å². The second-order valence-electron chi connectivity index (χ2n) is 9.38. The summed E-state index contributed by atoms with van der Waals surface area (Å²) in [5, 5.41) is 5.46. The highest BCUT2D eigenvalue weighted by molar-refractivity contribution is 6.46. The van der Waals surface area contributed by atoms with E-state index in [0.29, 0.717) is 30.5 Å². The van der Waals surface area contributed by atoms with Crippen LogP contribution < -0.4 is 0 Å². The van der Waals surface area contributed by atoms with Gasteiger partial charge < -0.3 is 9.40 Å². The fourth-order valence-electron chi connectivity index (χ4n) is 4.67. The van der Waals surface area contributed by atoms with Gasteiger partial charge in [-0.2, -0.15) is 0 Å². The molecule has 10 heteroatoms. The standard InChI is InChI=1S/C29H30N4O6/c1-6-8-9-23(30-39-17(3)34)26(35)19-11-13-25-21(16-19)20-14-18(10-12-24(20)33(25)7-2)15-22-27(36)31(4)29(38)32(5)28(22)37/h10-16H,6-9H2,1-5H3/b30-23+. The molecule has 2 aromatic carbocycles. The number of Topliss-reactive ketones (excluding diaryl/α,β-unsaturated/α-hetero) is 1. The first-order valence-corrected chi connectivity index (χ1v) is 12.8. The summed E-state index contributed by atoms with van der Waals surface area (Å²) in [7, 11) is 2.66. The molecule has 202 valence electrons. The van der Waals surface area contributed by atoms with E-state index in [1.54, 1.807) is 18.2 Å². The van der Waals surface area contributed by atoms with Crippen molar-refractivity contribution >= 4 is 63.2 Å². The summed E-state index contributed by atoms with van der Waals surface area (Å²) in [4.78, 5) is 68.7. The first kappa shape index (κ1) is 27.4. The van der Waals surface area contributed by atoms with Crippen LogP contribution in [0.4, 0.5) is 4.79 Å². The van der Waals surface area contributed by atoms with Gasteiger partial charge in [-0.05, 0) is 61.7 Å². The van der Waals surface area contributed by atoms with Gasteiger partial charge in [0, 0.05) is 54.9 Å². The van der Waals surface area contributed by atoms with E-state index in [4.69, 9.17) is 4.84 Å². The quantitative estimate of drug-likeness (QED) is 0.105. The molecule has 0 atom stereocenters. The molecule has 10 nitrogen and oxygen atoms in total. The number of ketones is 1. The van der Waals surface area contributed by atoms with Crippen molar-refractivity contribution in [3.05, 3.63) is 53.1 Å². The molecular formula is C29H30N4O6. The topological polar surface area (TPSA) is 118 Å². The number of aromatic nitrogens is 1. The van der Waals surface area contributed by atoms with Crippen molar-refractivity contribution in [1.82, 2.24) is 14.4 Å². The molecule has 2 heterocycles. The maximum absolute atomic E-state index is 13.4. The lowest BCUT2D eigenvalue weighted by molar-refractivity contribution is -0.141. The first-order chi connectivity index (χ1) is 18.6. The summed E-state index contributed by atoms with van der Waals surface area (Å²) in [6.45, 7) is 5.92. The molecular weight excluding hydrogens is 500 g/mol. The summed E-state index contributed by atoms with van der Waals surface area (Å²) >= 11 is 0. The summed E-state index contributed by atoms with van der Waals surface area (Å²) in [6, 6.07) is 10.3. The SMILES string of the molecule is CCCC/C(=N\OC(C)=O)C(=O)c1ccc2c(c1)c1cc(C=C3C(=O)N(C)C(=O)N(C)C3=O)ccc1n2CC. The number of rotatable bonds is 8. The van der Waals surface area contributed by atoms with E-state index in [9.17, 15) is 24.0 Å². The Morgan fingerprint density at radius 1 is 0.923 bits per heavy atom. The number of oxime groups is 1. The molecule has 1 saturated heterocycles. The van der Waals surface area contributed by atoms with Crippen LogP contribution >= 0.6 is 0 Å². The third-order valence-corrected chi connectivity index (χ3v) is 6.74. The van der Waals surface area contributed by atoms with Crippen molar-refractivity contribution < 1.29 is 28.8 Å². The number of carbonyl (C=O) groups is 5.